The van der Waals surface area contributed by atoms with Crippen molar-refractivity contribution in [2.24, 2.45) is 11.3 Å². The zero-order valence-electron chi connectivity index (χ0n) is 19.1. The number of likely N-dealkylation sites (tertiary alicyclic amines) is 1. The van der Waals surface area contributed by atoms with E-state index in [1.165, 1.54) is 70.8 Å². The van der Waals surface area contributed by atoms with Gasteiger partial charge in [-0.1, -0.05) is 29.4 Å². The predicted octanol–water partition coefficient (Wildman–Crippen LogP) is 4.28. The Morgan fingerprint density at radius 2 is 1.81 bits per heavy atom. The molecule has 4 fully saturated rings. The summed E-state index contributed by atoms with van der Waals surface area (Å²) < 4.78 is 11.0. The monoisotopic (exact) mass is 436 g/mol. The molecule has 4 aliphatic rings. The van der Waals surface area contributed by atoms with Crippen LogP contribution < -0.4 is 4.90 Å². The van der Waals surface area contributed by atoms with Crippen molar-refractivity contribution in [1.29, 1.82) is 0 Å². The molecule has 1 aromatic heterocycles. The fraction of sp³-hybridized carbons (Fsp3) is 0.692. The Morgan fingerprint density at radius 3 is 2.59 bits per heavy atom. The van der Waals surface area contributed by atoms with E-state index in [0.717, 1.165) is 44.2 Å². The highest BCUT2D eigenvalue weighted by atomic mass is 16.5. The molecular formula is C26H36N4O2. The number of rotatable bonds is 5. The van der Waals surface area contributed by atoms with Crippen LogP contribution in [0.3, 0.4) is 0 Å². The maximum Gasteiger partial charge on any atom is 0.317 e. The average molecular weight is 437 g/mol. The van der Waals surface area contributed by atoms with E-state index >= 15 is 0 Å². The third-order valence-electron chi connectivity index (χ3n) is 8.74. The van der Waals surface area contributed by atoms with Gasteiger partial charge in [-0.2, -0.15) is 0 Å². The van der Waals surface area contributed by atoms with Gasteiger partial charge in [0.2, 0.25) is 6.39 Å². The lowest BCUT2D eigenvalue weighted by Crippen LogP contribution is -2.56. The Morgan fingerprint density at radius 1 is 1.00 bits per heavy atom. The molecule has 3 saturated heterocycles. The summed E-state index contributed by atoms with van der Waals surface area (Å²) in [5, 5.41) is 7.90. The lowest BCUT2D eigenvalue weighted by molar-refractivity contribution is 0.0664. The molecule has 4 heterocycles. The molecule has 6 heteroatoms. The van der Waals surface area contributed by atoms with Crippen LogP contribution in [0.5, 0.6) is 0 Å². The van der Waals surface area contributed by atoms with Crippen molar-refractivity contribution in [2.45, 2.75) is 63.3 Å². The molecule has 0 bridgehead atoms. The van der Waals surface area contributed by atoms with E-state index in [2.05, 4.69) is 44.3 Å². The minimum absolute atomic E-state index is 0.478. The largest absolute Gasteiger partial charge is 0.411 e. The van der Waals surface area contributed by atoms with Crippen LogP contribution in [-0.4, -0.2) is 60.5 Å². The van der Waals surface area contributed by atoms with E-state index in [1.807, 2.05) is 0 Å². The minimum Gasteiger partial charge on any atom is -0.411 e. The number of piperidine rings is 1. The smallest absolute Gasteiger partial charge is 0.317 e. The maximum absolute atomic E-state index is 5.58. The summed E-state index contributed by atoms with van der Waals surface area (Å²) in [6, 6.07) is 10.8. The Hall–Kier alpha value is -1.92. The van der Waals surface area contributed by atoms with E-state index in [4.69, 9.17) is 9.15 Å². The van der Waals surface area contributed by atoms with Gasteiger partial charge in [0.1, 0.15) is 0 Å². The first-order valence-electron chi connectivity index (χ1n) is 12.7. The molecule has 3 aliphatic heterocycles. The fourth-order valence-corrected chi connectivity index (χ4v) is 6.93. The molecule has 0 radical (unpaired) electrons. The van der Waals surface area contributed by atoms with Crippen molar-refractivity contribution < 1.29 is 9.15 Å². The number of aromatic nitrogens is 2. The van der Waals surface area contributed by atoms with E-state index in [1.54, 1.807) is 11.1 Å². The molecule has 2 aromatic rings. The number of hydrogen-bond acceptors (Lipinski definition) is 6. The summed E-state index contributed by atoms with van der Waals surface area (Å²) in [5.41, 5.74) is 3.72. The van der Waals surface area contributed by atoms with Gasteiger partial charge in [-0.25, -0.2) is 0 Å². The first-order valence-corrected chi connectivity index (χ1v) is 12.7. The van der Waals surface area contributed by atoms with Crippen molar-refractivity contribution in [1.82, 2.24) is 15.1 Å². The number of anilines is 1. The Kier molecular flexibility index (Phi) is 5.68. The Bertz CT molecular complexity index is 881. The Labute approximate surface area is 191 Å². The molecule has 1 aromatic carbocycles. The van der Waals surface area contributed by atoms with Crippen LogP contribution in [0.25, 0.3) is 0 Å². The summed E-state index contributed by atoms with van der Waals surface area (Å²) in [7, 11) is 0. The van der Waals surface area contributed by atoms with Gasteiger partial charge in [-0.15, -0.1) is 5.10 Å². The summed E-state index contributed by atoms with van der Waals surface area (Å²) in [6.45, 7) is 6.57. The first-order chi connectivity index (χ1) is 15.8. The van der Waals surface area contributed by atoms with E-state index in [0.29, 0.717) is 11.4 Å². The summed E-state index contributed by atoms with van der Waals surface area (Å²) in [4.78, 5) is 5.05. The lowest BCUT2D eigenvalue weighted by atomic mass is 9.78. The molecule has 6 nitrogen and oxygen atoms in total. The molecule has 172 valence electrons. The molecule has 1 aliphatic carbocycles. The van der Waals surface area contributed by atoms with Gasteiger partial charge in [-0.05, 0) is 87.4 Å². The van der Waals surface area contributed by atoms with Crippen LogP contribution in [-0.2, 0) is 11.2 Å². The lowest BCUT2D eigenvalue weighted by Gasteiger charge is -2.48. The second-order valence-electron chi connectivity index (χ2n) is 10.7. The van der Waals surface area contributed by atoms with Crippen LogP contribution in [0.4, 0.5) is 6.01 Å². The average Bonchev–Trinajstić information content (AvgIpc) is 3.50. The first kappa shape index (κ1) is 20.7. The highest BCUT2D eigenvalue weighted by Gasteiger charge is 2.50. The molecule has 1 spiro atoms. The second kappa shape index (κ2) is 8.79. The maximum atomic E-state index is 5.58. The van der Waals surface area contributed by atoms with Gasteiger partial charge < -0.3 is 19.0 Å². The van der Waals surface area contributed by atoms with Gasteiger partial charge in [0.25, 0.3) is 0 Å². The zero-order chi connectivity index (χ0) is 21.4. The van der Waals surface area contributed by atoms with Crippen LogP contribution >= 0.6 is 0 Å². The highest BCUT2D eigenvalue weighted by Crippen LogP contribution is 2.48. The third-order valence-corrected chi connectivity index (χ3v) is 8.74. The molecule has 32 heavy (non-hydrogen) atoms. The molecule has 1 saturated carbocycles. The van der Waals surface area contributed by atoms with E-state index < -0.39 is 0 Å². The predicted molar refractivity (Wildman–Crippen MR) is 124 cm³/mol. The Balaban J connectivity index is 1.03. The van der Waals surface area contributed by atoms with Crippen molar-refractivity contribution in [3.8, 4) is 0 Å². The normalized spacial score (nSPS) is 27.1. The van der Waals surface area contributed by atoms with Gasteiger partial charge in [0.05, 0.1) is 0 Å². The molecule has 0 N–H and O–H groups in total. The van der Waals surface area contributed by atoms with Crippen molar-refractivity contribution >= 4 is 6.01 Å². The van der Waals surface area contributed by atoms with E-state index in [-0.39, 0.29) is 0 Å². The summed E-state index contributed by atoms with van der Waals surface area (Å²) in [5.74, 6) is 1.53. The van der Waals surface area contributed by atoms with Gasteiger partial charge in [0.15, 0.2) is 0 Å². The van der Waals surface area contributed by atoms with Gasteiger partial charge in [0, 0.05) is 37.8 Å². The molecule has 0 unspecified atom stereocenters. The molecular weight excluding hydrogens is 400 g/mol. The summed E-state index contributed by atoms with van der Waals surface area (Å²) >= 11 is 0. The van der Waals surface area contributed by atoms with Crippen LogP contribution in [0.1, 0.15) is 62.0 Å². The molecule has 0 amide bonds. The van der Waals surface area contributed by atoms with Crippen LogP contribution in [0.2, 0.25) is 0 Å². The number of hydrogen-bond donors (Lipinski definition) is 0. The number of benzene rings is 1. The number of ether oxygens (including phenoxy) is 1. The SMILES string of the molecule is c1ccc(C2CCN([C@@H]3CCC4(C3)CN(c3nnco3)C4)CC2)c(CC2CCOCC2)c1. The van der Waals surface area contributed by atoms with Crippen molar-refractivity contribution in [3.63, 3.8) is 0 Å². The minimum atomic E-state index is 0.478. The number of nitrogens with zero attached hydrogens (tertiary/aromatic N) is 4. The zero-order valence-corrected chi connectivity index (χ0v) is 19.1. The molecule has 1 atom stereocenters. The van der Waals surface area contributed by atoms with Crippen LogP contribution in [0, 0.1) is 11.3 Å². The van der Waals surface area contributed by atoms with Crippen molar-refractivity contribution in [2.75, 3.05) is 44.3 Å². The quantitative estimate of drug-likeness (QED) is 0.697. The topological polar surface area (TPSA) is 54.6 Å². The van der Waals surface area contributed by atoms with Gasteiger partial charge in [-0.3, -0.25) is 0 Å². The van der Waals surface area contributed by atoms with E-state index in [9.17, 15) is 0 Å². The summed E-state index contributed by atoms with van der Waals surface area (Å²) in [6.07, 6.45) is 11.8. The fourth-order valence-electron chi connectivity index (χ4n) is 6.93. The third kappa shape index (κ3) is 4.08. The standard InChI is InChI=1S/C26H36N4O2/c1-2-4-24(22(3-1)15-20-8-13-31-14-9-20)21-6-11-29(12-7-21)23-5-10-26(16-23)17-30(18-26)25-28-27-19-32-25/h1-4,19-21,23H,5-18H2/t23-/m1/s1. The van der Waals surface area contributed by atoms with Crippen LogP contribution in [0.15, 0.2) is 35.1 Å². The molecule has 6 rings (SSSR count). The highest BCUT2D eigenvalue weighted by molar-refractivity contribution is 5.33. The van der Waals surface area contributed by atoms with Gasteiger partial charge >= 0.3 is 6.01 Å². The van der Waals surface area contributed by atoms with Crippen molar-refractivity contribution in [3.05, 3.63) is 41.8 Å². The second-order valence-corrected chi connectivity index (χ2v) is 10.7.